The predicted molar refractivity (Wildman–Crippen MR) is 54.3 cm³/mol. The molecule has 0 spiro atoms. The molecule has 0 saturated carbocycles. The van der Waals surface area contributed by atoms with E-state index in [2.05, 4.69) is 4.74 Å². The maximum atomic E-state index is 11.9. The molecule has 18 heavy (non-hydrogen) atoms. The minimum absolute atomic E-state index is 0.101. The number of ether oxygens (including phenoxy) is 1. The second kappa shape index (κ2) is 4.94. The van der Waals surface area contributed by atoms with Crippen molar-refractivity contribution in [3.8, 4) is 5.75 Å². The average molecular weight is 262 g/mol. The van der Waals surface area contributed by atoms with Gasteiger partial charge < -0.3 is 16.2 Å². The first-order chi connectivity index (χ1) is 8.20. The van der Waals surface area contributed by atoms with Gasteiger partial charge in [-0.05, 0) is 17.7 Å². The Bertz CT molecular complexity index is 442. The summed E-state index contributed by atoms with van der Waals surface area (Å²) in [5.74, 6) is -3.82. The Morgan fingerprint density at radius 3 is 1.83 bits per heavy atom. The van der Waals surface area contributed by atoms with Crippen molar-refractivity contribution in [2.24, 2.45) is 11.5 Å². The van der Waals surface area contributed by atoms with Gasteiger partial charge in [0.25, 0.3) is 0 Å². The molecule has 4 N–H and O–H groups in total. The van der Waals surface area contributed by atoms with Crippen molar-refractivity contribution in [3.63, 3.8) is 0 Å². The zero-order valence-corrected chi connectivity index (χ0v) is 8.90. The van der Waals surface area contributed by atoms with Crippen molar-refractivity contribution in [3.05, 3.63) is 29.8 Å². The van der Waals surface area contributed by atoms with E-state index in [1.807, 2.05) is 0 Å². The fourth-order valence-corrected chi connectivity index (χ4v) is 1.33. The molecule has 1 aromatic carbocycles. The molecule has 0 radical (unpaired) electrons. The van der Waals surface area contributed by atoms with Crippen LogP contribution in [0.3, 0.4) is 0 Å². The molecule has 0 fully saturated rings. The third-order valence-corrected chi connectivity index (χ3v) is 2.02. The molecule has 8 heteroatoms. The number of hydrogen-bond donors (Lipinski definition) is 2. The predicted octanol–water partition coefficient (Wildman–Crippen LogP) is 0.639. The monoisotopic (exact) mass is 262 g/mol. The third kappa shape index (κ3) is 3.65. The number of nitrogens with two attached hydrogens (primary N) is 2. The maximum absolute atomic E-state index is 11.9. The molecule has 0 saturated heterocycles. The van der Waals surface area contributed by atoms with Crippen LogP contribution >= 0.6 is 0 Å². The standard InChI is InChI=1S/C10H9F3N2O3/c11-10(12,13)18-6-3-1-5(2-4-6)7(8(14)16)9(15)17/h1-4,7H,(H2,14,16)(H2,15,17). The highest BCUT2D eigenvalue weighted by atomic mass is 19.4. The Morgan fingerprint density at radius 2 is 1.50 bits per heavy atom. The van der Waals surface area contributed by atoms with Crippen molar-refractivity contribution in [1.82, 2.24) is 0 Å². The number of benzene rings is 1. The van der Waals surface area contributed by atoms with Crippen molar-refractivity contribution in [1.29, 1.82) is 0 Å². The van der Waals surface area contributed by atoms with Crippen LogP contribution < -0.4 is 16.2 Å². The van der Waals surface area contributed by atoms with E-state index in [-0.39, 0.29) is 5.56 Å². The maximum Gasteiger partial charge on any atom is 0.573 e. The first kappa shape index (κ1) is 13.8. The minimum Gasteiger partial charge on any atom is -0.406 e. The Kier molecular flexibility index (Phi) is 3.79. The first-order valence-corrected chi connectivity index (χ1v) is 4.65. The largest absolute Gasteiger partial charge is 0.573 e. The van der Waals surface area contributed by atoms with Crippen LogP contribution in [0.2, 0.25) is 0 Å². The summed E-state index contributed by atoms with van der Waals surface area (Å²) in [6, 6.07) is 4.14. The van der Waals surface area contributed by atoms with E-state index in [1.165, 1.54) is 0 Å². The van der Waals surface area contributed by atoms with E-state index < -0.39 is 29.8 Å². The van der Waals surface area contributed by atoms with Gasteiger partial charge in [-0.25, -0.2) is 0 Å². The SMILES string of the molecule is NC(=O)C(C(N)=O)c1ccc(OC(F)(F)F)cc1. The lowest BCUT2D eigenvalue weighted by Gasteiger charge is -2.12. The van der Waals surface area contributed by atoms with E-state index in [9.17, 15) is 22.8 Å². The summed E-state index contributed by atoms with van der Waals surface area (Å²) in [5, 5.41) is 0. The lowest BCUT2D eigenvalue weighted by atomic mass is 9.98. The van der Waals surface area contributed by atoms with E-state index in [1.54, 1.807) is 0 Å². The van der Waals surface area contributed by atoms with E-state index in [4.69, 9.17) is 11.5 Å². The number of primary amides is 2. The molecule has 5 nitrogen and oxygen atoms in total. The first-order valence-electron chi connectivity index (χ1n) is 4.65. The summed E-state index contributed by atoms with van der Waals surface area (Å²) >= 11 is 0. The van der Waals surface area contributed by atoms with Gasteiger partial charge in [-0.3, -0.25) is 9.59 Å². The number of carbonyl (C=O) groups is 2. The van der Waals surface area contributed by atoms with Crippen LogP contribution in [0, 0.1) is 0 Å². The second-order valence-electron chi connectivity index (χ2n) is 3.35. The van der Waals surface area contributed by atoms with Crippen LogP contribution in [-0.4, -0.2) is 18.2 Å². The summed E-state index contributed by atoms with van der Waals surface area (Å²) in [4.78, 5) is 21.9. The molecular formula is C10H9F3N2O3. The van der Waals surface area contributed by atoms with Gasteiger partial charge in [-0.1, -0.05) is 12.1 Å². The minimum atomic E-state index is -4.81. The number of carbonyl (C=O) groups excluding carboxylic acids is 2. The van der Waals surface area contributed by atoms with Gasteiger partial charge in [0.15, 0.2) is 0 Å². The fourth-order valence-electron chi connectivity index (χ4n) is 1.33. The van der Waals surface area contributed by atoms with E-state index >= 15 is 0 Å². The van der Waals surface area contributed by atoms with Gasteiger partial charge in [0.05, 0.1) is 0 Å². The van der Waals surface area contributed by atoms with Crippen molar-refractivity contribution < 1.29 is 27.5 Å². The van der Waals surface area contributed by atoms with Crippen LogP contribution in [0.1, 0.15) is 11.5 Å². The molecule has 98 valence electrons. The van der Waals surface area contributed by atoms with Crippen LogP contribution in [0.15, 0.2) is 24.3 Å². The lowest BCUT2D eigenvalue weighted by molar-refractivity contribution is -0.274. The quantitative estimate of drug-likeness (QED) is 0.779. The molecule has 0 aliphatic heterocycles. The second-order valence-corrected chi connectivity index (χ2v) is 3.35. The summed E-state index contributed by atoms with van der Waals surface area (Å²) < 4.78 is 39.3. The lowest BCUT2D eigenvalue weighted by Crippen LogP contribution is -2.33. The summed E-state index contributed by atoms with van der Waals surface area (Å²) in [6.45, 7) is 0. The topological polar surface area (TPSA) is 95.4 Å². The summed E-state index contributed by atoms with van der Waals surface area (Å²) in [6.07, 6.45) is -4.81. The molecule has 0 bridgehead atoms. The molecule has 1 aromatic rings. The Hall–Kier alpha value is -2.25. The van der Waals surface area contributed by atoms with Crippen LogP contribution in [0.5, 0.6) is 5.75 Å². The molecule has 0 aliphatic rings. The molecule has 2 amide bonds. The Balaban J connectivity index is 2.94. The van der Waals surface area contributed by atoms with Gasteiger partial charge in [0, 0.05) is 0 Å². The van der Waals surface area contributed by atoms with Gasteiger partial charge in [-0.15, -0.1) is 13.2 Å². The molecular weight excluding hydrogens is 253 g/mol. The van der Waals surface area contributed by atoms with Gasteiger partial charge in [-0.2, -0.15) is 0 Å². The third-order valence-electron chi connectivity index (χ3n) is 2.02. The Morgan fingerprint density at radius 1 is 1.06 bits per heavy atom. The number of hydrogen-bond acceptors (Lipinski definition) is 3. The summed E-state index contributed by atoms with van der Waals surface area (Å²) in [5.41, 5.74) is 10.0. The number of alkyl halides is 3. The van der Waals surface area contributed by atoms with Crippen molar-refractivity contribution in [2.45, 2.75) is 12.3 Å². The molecule has 0 heterocycles. The molecule has 0 aromatic heterocycles. The van der Waals surface area contributed by atoms with Gasteiger partial charge >= 0.3 is 6.36 Å². The van der Waals surface area contributed by atoms with Crippen LogP contribution in [0.4, 0.5) is 13.2 Å². The molecule has 1 rings (SSSR count). The van der Waals surface area contributed by atoms with Gasteiger partial charge in [0.1, 0.15) is 11.7 Å². The van der Waals surface area contributed by atoms with Crippen molar-refractivity contribution >= 4 is 11.8 Å². The average Bonchev–Trinajstić information content (AvgIpc) is 2.17. The molecule has 0 unspecified atom stereocenters. The van der Waals surface area contributed by atoms with Crippen molar-refractivity contribution in [2.75, 3.05) is 0 Å². The zero-order chi connectivity index (χ0) is 13.9. The van der Waals surface area contributed by atoms with Crippen LogP contribution in [-0.2, 0) is 9.59 Å². The summed E-state index contributed by atoms with van der Waals surface area (Å²) in [7, 11) is 0. The molecule has 0 atom stereocenters. The van der Waals surface area contributed by atoms with Crippen LogP contribution in [0.25, 0.3) is 0 Å². The normalized spacial score (nSPS) is 11.3. The smallest absolute Gasteiger partial charge is 0.406 e. The molecule has 0 aliphatic carbocycles. The number of halogens is 3. The number of amides is 2. The highest BCUT2D eigenvalue weighted by Crippen LogP contribution is 2.24. The van der Waals surface area contributed by atoms with E-state index in [0.717, 1.165) is 24.3 Å². The Labute approximate surface area is 99.5 Å². The highest BCUT2D eigenvalue weighted by Gasteiger charge is 2.31. The highest BCUT2D eigenvalue weighted by molar-refractivity contribution is 6.04. The number of rotatable bonds is 4. The fraction of sp³-hybridized carbons (Fsp3) is 0.200. The zero-order valence-electron chi connectivity index (χ0n) is 8.90. The van der Waals surface area contributed by atoms with E-state index in [0.29, 0.717) is 0 Å². The van der Waals surface area contributed by atoms with Gasteiger partial charge in [0.2, 0.25) is 11.8 Å².